The number of H-pyrrole nitrogens is 1. The van der Waals surface area contributed by atoms with E-state index in [-0.39, 0.29) is 0 Å². The van der Waals surface area contributed by atoms with E-state index in [0.717, 1.165) is 26.2 Å². The highest BCUT2D eigenvalue weighted by molar-refractivity contribution is 9.10. The number of nitrogens with one attached hydrogen (secondary N) is 1. The van der Waals surface area contributed by atoms with Crippen LogP contribution in [0.2, 0.25) is 0 Å². The molecule has 2 nitrogen and oxygen atoms in total. The first-order valence-corrected chi connectivity index (χ1v) is 8.18. The Morgan fingerprint density at radius 3 is 2.83 bits per heavy atom. The highest BCUT2D eigenvalue weighted by Gasteiger charge is 2.03. The molecular weight excluding hydrogens is 396 g/mol. The molecule has 2 aromatic rings. The van der Waals surface area contributed by atoms with Crippen LogP contribution in [-0.2, 0) is 5.75 Å². The molecule has 0 radical (unpaired) electrons. The van der Waals surface area contributed by atoms with Crippen LogP contribution in [-0.4, -0.2) is 9.97 Å². The Morgan fingerprint density at radius 1 is 1.39 bits per heavy atom. The lowest BCUT2D eigenvalue weighted by Gasteiger charge is -2.05. The summed E-state index contributed by atoms with van der Waals surface area (Å²) >= 11 is 13.8. The van der Waals surface area contributed by atoms with Crippen LogP contribution in [0.3, 0.4) is 0 Å². The maximum absolute atomic E-state index is 5.19. The van der Waals surface area contributed by atoms with Crippen LogP contribution >= 0.6 is 55.8 Å². The minimum Gasteiger partial charge on any atom is -0.346 e. The van der Waals surface area contributed by atoms with Crippen molar-refractivity contribution < 1.29 is 0 Å². The minimum atomic E-state index is 0.607. The fourth-order valence-electron chi connectivity index (χ4n) is 1.41. The van der Waals surface area contributed by atoms with Crippen molar-refractivity contribution in [1.82, 2.24) is 9.97 Å². The second kappa shape index (κ2) is 6.32. The van der Waals surface area contributed by atoms with E-state index in [1.807, 2.05) is 19.1 Å². The smallest absolute Gasteiger partial charge is 0.144 e. The highest BCUT2D eigenvalue weighted by atomic mass is 79.9. The van der Waals surface area contributed by atoms with Gasteiger partial charge in [0.2, 0.25) is 0 Å². The molecule has 0 saturated carbocycles. The Bertz CT molecular complexity index is 626. The van der Waals surface area contributed by atoms with E-state index in [4.69, 9.17) is 12.2 Å². The van der Waals surface area contributed by atoms with Gasteiger partial charge in [0.15, 0.2) is 0 Å². The number of halogens is 2. The average molecular weight is 406 g/mol. The molecule has 18 heavy (non-hydrogen) atoms. The van der Waals surface area contributed by atoms with E-state index in [2.05, 4.69) is 54.0 Å². The highest BCUT2D eigenvalue weighted by Crippen LogP contribution is 2.25. The zero-order valence-electron chi connectivity index (χ0n) is 9.54. The molecule has 0 bridgehead atoms. The number of thioether (sulfide) groups is 1. The lowest BCUT2D eigenvalue weighted by atomic mass is 10.4. The Hall–Kier alpha value is -0.170. The van der Waals surface area contributed by atoms with Gasteiger partial charge >= 0.3 is 0 Å². The standard InChI is InChI=1S/C12H10Br2N2S2/c1-7-11(14)12(17)16-10(15-7)6-18-9-4-2-3-8(13)5-9/h2-5H,6H2,1H3,(H,15,16,17). The molecule has 0 aliphatic carbocycles. The monoisotopic (exact) mass is 404 g/mol. The van der Waals surface area contributed by atoms with Gasteiger partial charge in [0, 0.05) is 15.1 Å². The summed E-state index contributed by atoms with van der Waals surface area (Å²) in [7, 11) is 0. The Balaban J connectivity index is 2.14. The van der Waals surface area contributed by atoms with Crippen molar-refractivity contribution in [2.24, 2.45) is 0 Å². The maximum atomic E-state index is 5.19. The fraction of sp³-hybridized carbons (Fsp3) is 0.167. The molecule has 0 atom stereocenters. The number of hydrogen-bond donors (Lipinski definition) is 1. The van der Waals surface area contributed by atoms with Crippen molar-refractivity contribution in [2.45, 2.75) is 17.6 Å². The molecule has 1 heterocycles. The predicted molar refractivity (Wildman–Crippen MR) is 85.6 cm³/mol. The predicted octanol–water partition coefficient (Wildman–Crippen LogP) is 5.26. The van der Waals surface area contributed by atoms with Crippen molar-refractivity contribution in [3.05, 3.63) is 49.4 Å². The van der Waals surface area contributed by atoms with Crippen LogP contribution in [0.5, 0.6) is 0 Å². The van der Waals surface area contributed by atoms with Gasteiger partial charge in [-0.15, -0.1) is 11.8 Å². The summed E-state index contributed by atoms with van der Waals surface area (Å²) in [5.74, 6) is 1.67. The van der Waals surface area contributed by atoms with Crippen LogP contribution in [0.25, 0.3) is 0 Å². The lowest BCUT2D eigenvalue weighted by molar-refractivity contribution is 0.973. The van der Waals surface area contributed by atoms with Crippen molar-refractivity contribution in [3.8, 4) is 0 Å². The van der Waals surface area contributed by atoms with Gasteiger partial charge in [0.1, 0.15) is 10.5 Å². The van der Waals surface area contributed by atoms with E-state index in [1.165, 1.54) is 4.90 Å². The van der Waals surface area contributed by atoms with Crippen LogP contribution in [0.1, 0.15) is 11.5 Å². The third kappa shape index (κ3) is 3.66. The first-order valence-electron chi connectivity index (χ1n) is 5.20. The molecule has 0 fully saturated rings. The lowest BCUT2D eigenvalue weighted by Crippen LogP contribution is -1.97. The second-order valence-corrected chi connectivity index (χ2v) is 6.82. The first-order chi connectivity index (χ1) is 8.56. The number of benzene rings is 1. The van der Waals surface area contributed by atoms with E-state index in [0.29, 0.717) is 4.64 Å². The number of aromatic nitrogens is 2. The summed E-state index contributed by atoms with van der Waals surface area (Å²) in [6.45, 7) is 1.98. The van der Waals surface area contributed by atoms with Gasteiger partial charge in [-0.3, -0.25) is 0 Å². The van der Waals surface area contributed by atoms with Crippen LogP contribution < -0.4 is 0 Å². The van der Waals surface area contributed by atoms with E-state index in [1.54, 1.807) is 11.8 Å². The van der Waals surface area contributed by atoms with E-state index < -0.39 is 0 Å². The molecule has 1 aromatic carbocycles. The number of aryl methyl sites for hydroxylation is 1. The van der Waals surface area contributed by atoms with Gasteiger partial charge in [-0.2, -0.15) is 0 Å². The molecule has 2 rings (SSSR count). The maximum Gasteiger partial charge on any atom is 0.144 e. The summed E-state index contributed by atoms with van der Waals surface area (Å²) in [4.78, 5) is 8.79. The van der Waals surface area contributed by atoms with Crippen molar-refractivity contribution in [2.75, 3.05) is 0 Å². The Kier molecular flexibility index (Phi) is 5.00. The molecular formula is C12H10Br2N2S2. The zero-order chi connectivity index (χ0) is 13.1. The average Bonchev–Trinajstić information content (AvgIpc) is 2.33. The molecule has 1 aromatic heterocycles. The largest absolute Gasteiger partial charge is 0.346 e. The molecule has 0 unspecified atom stereocenters. The summed E-state index contributed by atoms with van der Waals surface area (Å²) in [5.41, 5.74) is 1.01. The van der Waals surface area contributed by atoms with Gasteiger partial charge in [0.25, 0.3) is 0 Å². The zero-order valence-corrected chi connectivity index (χ0v) is 14.3. The molecule has 0 spiro atoms. The van der Waals surface area contributed by atoms with Crippen LogP contribution in [0, 0.1) is 11.6 Å². The molecule has 0 saturated heterocycles. The molecule has 94 valence electrons. The Morgan fingerprint density at radius 2 is 2.17 bits per heavy atom. The van der Waals surface area contributed by atoms with Gasteiger partial charge in [-0.25, -0.2) is 4.98 Å². The number of rotatable bonds is 3. The Labute approximate surface area is 132 Å². The minimum absolute atomic E-state index is 0.607. The molecule has 6 heteroatoms. The molecule has 0 aliphatic rings. The number of hydrogen-bond acceptors (Lipinski definition) is 3. The second-order valence-electron chi connectivity index (χ2n) is 3.67. The van der Waals surface area contributed by atoms with Crippen LogP contribution in [0.15, 0.2) is 38.1 Å². The summed E-state index contributed by atoms with van der Waals surface area (Å²) in [5, 5.41) is 0. The molecule has 1 N–H and O–H groups in total. The topological polar surface area (TPSA) is 28.7 Å². The quantitative estimate of drug-likeness (QED) is 0.557. The summed E-state index contributed by atoms with van der Waals surface area (Å²) < 4.78 is 2.56. The summed E-state index contributed by atoms with van der Waals surface area (Å²) in [6.07, 6.45) is 0. The van der Waals surface area contributed by atoms with Gasteiger partial charge in [0.05, 0.1) is 10.2 Å². The number of nitrogens with zero attached hydrogens (tertiary/aromatic N) is 1. The van der Waals surface area contributed by atoms with Crippen molar-refractivity contribution in [1.29, 1.82) is 0 Å². The number of aromatic amines is 1. The SMILES string of the molecule is Cc1[nH]c(CSc2cccc(Br)c2)nc(=S)c1Br. The first kappa shape index (κ1) is 14.2. The van der Waals surface area contributed by atoms with Gasteiger partial charge in [-0.1, -0.05) is 34.2 Å². The van der Waals surface area contributed by atoms with Gasteiger partial charge in [-0.05, 0) is 41.1 Å². The normalized spacial score (nSPS) is 10.6. The summed E-state index contributed by atoms with van der Waals surface area (Å²) in [6, 6.07) is 8.20. The van der Waals surface area contributed by atoms with E-state index in [9.17, 15) is 0 Å². The fourth-order valence-corrected chi connectivity index (χ4v) is 3.24. The third-order valence-corrected chi connectivity index (χ3v) is 5.28. The third-order valence-electron chi connectivity index (χ3n) is 2.26. The van der Waals surface area contributed by atoms with Gasteiger partial charge < -0.3 is 4.98 Å². The molecule has 0 aliphatic heterocycles. The van der Waals surface area contributed by atoms with Crippen LogP contribution in [0.4, 0.5) is 0 Å². The van der Waals surface area contributed by atoms with Crippen molar-refractivity contribution in [3.63, 3.8) is 0 Å². The van der Waals surface area contributed by atoms with E-state index >= 15 is 0 Å². The molecule has 0 amide bonds. The van der Waals surface area contributed by atoms with Crippen molar-refractivity contribution >= 4 is 55.8 Å².